The molecule has 0 bridgehead atoms. The molecule has 0 aliphatic rings. The molecule has 0 aromatic rings. The number of methoxy groups -OCH3 is 1. The first-order chi connectivity index (χ1) is 23.3. The van der Waals surface area contributed by atoms with Gasteiger partial charge in [0, 0.05) is 32.1 Å². The SMILES string of the molecule is CCC(=O)CC(CC)C(CC)CC(=O)C(=O)CNC(=O)CC(=O)OC.CCC(CC(N)=O)C(CC)CC(N)=O.O=C(O)CNC(=O)CC(=O)O. The molecule has 0 fully saturated rings. The molecule has 0 heterocycles. The van der Waals surface area contributed by atoms with Gasteiger partial charge in [-0.3, -0.25) is 47.9 Å². The average molecular weight is 717 g/mol. The number of hydrogen-bond acceptors (Lipinski definition) is 11. The number of ketones is 3. The van der Waals surface area contributed by atoms with Crippen LogP contribution in [0, 0.1) is 23.7 Å². The van der Waals surface area contributed by atoms with E-state index < -0.39 is 67.2 Å². The van der Waals surface area contributed by atoms with E-state index in [-0.39, 0.29) is 47.7 Å². The molecular formula is C33H56N4O13. The second kappa shape index (κ2) is 29.2. The highest BCUT2D eigenvalue weighted by atomic mass is 16.5. The van der Waals surface area contributed by atoms with Crippen LogP contribution < -0.4 is 22.1 Å². The highest BCUT2D eigenvalue weighted by Crippen LogP contribution is 2.27. The zero-order chi connectivity index (χ0) is 39.4. The maximum atomic E-state index is 12.1. The predicted molar refractivity (Wildman–Crippen MR) is 180 cm³/mol. The van der Waals surface area contributed by atoms with Gasteiger partial charge in [-0.25, -0.2) is 0 Å². The number of nitrogens with two attached hydrogens (primary N) is 2. The number of carbonyl (C=O) groups is 10. The number of amides is 4. The zero-order valence-corrected chi connectivity index (χ0v) is 30.0. The number of aliphatic carboxylic acids is 2. The quantitative estimate of drug-likeness (QED) is 0.0463. The number of primary amides is 2. The van der Waals surface area contributed by atoms with E-state index in [2.05, 4.69) is 10.1 Å². The van der Waals surface area contributed by atoms with Crippen LogP contribution in [0.25, 0.3) is 0 Å². The molecule has 0 saturated carbocycles. The lowest BCUT2D eigenvalue weighted by Gasteiger charge is -2.24. The third-order valence-corrected chi connectivity index (χ3v) is 7.73. The Morgan fingerprint density at radius 1 is 0.560 bits per heavy atom. The second-order valence-corrected chi connectivity index (χ2v) is 11.4. The van der Waals surface area contributed by atoms with Crippen molar-refractivity contribution in [2.24, 2.45) is 35.1 Å². The van der Waals surface area contributed by atoms with Gasteiger partial charge in [0.05, 0.1) is 13.7 Å². The summed E-state index contributed by atoms with van der Waals surface area (Å²) < 4.78 is 4.34. The fourth-order valence-corrected chi connectivity index (χ4v) is 4.80. The maximum Gasteiger partial charge on any atom is 0.322 e. The molecule has 8 N–H and O–H groups in total. The third-order valence-electron chi connectivity index (χ3n) is 7.73. The summed E-state index contributed by atoms with van der Waals surface area (Å²) in [5.41, 5.74) is 10.3. The van der Waals surface area contributed by atoms with Crippen molar-refractivity contribution in [1.82, 2.24) is 10.6 Å². The number of nitrogens with one attached hydrogen (secondary N) is 2. The van der Waals surface area contributed by atoms with Gasteiger partial charge in [-0.2, -0.15) is 0 Å². The molecule has 0 saturated heterocycles. The lowest BCUT2D eigenvalue weighted by atomic mass is 9.80. The van der Waals surface area contributed by atoms with Crippen LogP contribution in [0.15, 0.2) is 0 Å². The molecule has 4 amide bonds. The summed E-state index contributed by atoms with van der Waals surface area (Å²) in [6.07, 6.45) is 3.63. The van der Waals surface area contributed by atoms with E-state index in [0.717, 1.165) is 26.4 Å². The van der Waals surface area contributed by atoms with E-state index in [9.17, 15) is 47.9 Å². The van der Waals surface area contributed by atoms with Crippen molar-refractivity contribution in [3.63, 3.8) is 0 Å². The van der Waals surface area contributed by atoms with Crippen LogP contribution in [0.1, 0.15) is 105 Å². The van der Waals surface area contributed by atoms with Gasteiger partial charge in [-0.05, 0) is 23.7 Å². The Labute approximate surface area is 293 Å². The molecule has 0 spiro atoms. The molecule has 4 unspecified atom stereocenters. The largest absolute Gasteiger partial charge is 0.481 e. The Kier molecular flexibility index (Phi) is 29.1. The van der Waals surface area contributed by atoms with Gasteiger partial charge in [0.1, 0.15) is 25.2 Å². The smallest absolute Gasteiger partial charge is 0.322 e. The van der Waals surface area contributed by atoms with E-state index in [0.29, 0.717) is 32.1 Å². The van der Waals surface area contributed by atoms with Crippen molar-refractivity contribution in [3.05, 3.63) is 0 Å². The van der Waals surface area contributed by atoms with Crippen LogP contribution in [0.2, 0.25) is 0 Å². The molecule has 0 radical (unpaired) electrons. The molecule has 0 rings (SSSR count). The van der Waals surface area contributed by atoms with Crippen LogP contribution in [0.4, 0.5) is 0 Å². The Hall–Kier alpha value is -4.70. The maximum absolute atomic E-state index is 12.1. The number of carbonyl (C=O) groups excluding carboxylic acids is 8. The molecular weight excluding hydrogens is 660 g/mol. The fourth-order valence-electron chi connectivity index (χ4n) is 4.80. The Morgan fingerprint density at radius 2 is 0.960 bits per heavy atom. The molecule has 4 atom stereocenters. The van der Waals surface area contributed by atoms with Crippen molar-refractivity contribution in [2.45, 2.75) is 105 Å². The number of ether oxygens (including phenoxy) is 1. The van der Waals surface area contributed by atoms with Crippen molar-refractivity contribution in [3.8, 4) is 0 Å². The summed E-state index contributed by atoms with van der Waals surface area (Å²) in [6.45, 7) is 8.72. The minimum atomic E-state index is -1.28. The molecule has 17 heteroatoms. The van der Waals surface area contributed by atoms with Gasteiger partial charge in [-0.1, -0.05) is 60.3 Å². The highest BCUT2D eigenvalue weighted by Gasteiger charge is 2.26. The molecule has 50 heavy (non-hydrogen) atoms. The summed E-state index contributed by atoms with van der Waals surface area (Å²) in [5.74, 6) is -5.99. The summed E-state index contributed by atoms with van der Waals surface area (Å²) >= 11 is 0. The summed E-state index contributed by atoms with van der Waals surface area (Å²) in [4.78, 5) is 110. The van der Waals surface area contributed by atoms with E-state index in [1.807, 2.05) is 39.9 Å². The molecule has 0 aliphatic carbocycles. The van der Waals surface area contributed by atoms with Gasteiger partial charge in [0.2, 0.25) is 35.2 Å². The van der Waals surface area contributed by atoms with Crippen molar-refractivity contribution < 1.29 is 62.9 Å². The number of esters is 1. The molecule has 0 aliphatic heterocycles. The molecule has 286 valence electrons. The minimum absolute atomic E-state index is 0.0391. The Bertz CT molecular complexity index is 1130. The van der Waals surface area contributed by atoms with Crippen LogP contribution in [-0.4, -0.2) is 89.3 Å². The first-order valence-corrected chi connectivity index (χ1v) is 16.5. The summed E-state index contributed by atoms with van der Waals surface area (Å²) in [6, 6.07) is 0. The molecule has 17 nitrogen and oxygen atoms in total. The minimum Gasteiger partial charge on any atom is -0.481 e. The average Bonchev–Trinajstić information content (AvgIpc) is 3.05. The summed E-state index contributed by atoms with van der Waals surface area (Å²) in [7, 11) is 1.16. The van der Waals surface area contributed by atoms with Gasteiger partial charge < -0.3 is 37.1 Å². The number of hydrogen-bond donors (Lipinski definition) is 6. The molecule has 0 aromatic heterocycles. The van der Waals surface area contributed by atoms with Crippen molar-refractivity contribution in [1.29, 1.82) is 0 Å². The van der Waals surface area contributed by atoms with Crippen molar-refractivity contribution >= 4 is 58.9 Å². The standard InChI is InChI=1S/C18H29NO6.C10H20N2O2.C5H7NO5/c1-5-12(8-14(20)7-3)13(6-2)9-15(21)16(22)11-19-17(23)10-18(24)25-4;1-3-7(5-9(11)13)8(4-2)6-10(12)14;7-3(1-4(8)9)6-2-5(10)11/h12-13H,5-11H2,1-4H3,(H,19,23);7-8H,3-6H2,1-2H3,(H2,11,13)(H2,12,14);1-2H2,(H,6,7)(H,8,9)(H,10,11). The first kappa shape index (κ1) is 49.7. The van der Waals surface area contributed by atoms with Crippen LogP contribution >= 0.6 is 0 Å². The lowest BCUT2D eigenvalue weighted by Crippen LogP contribution is -2.35. The molecule has 0 aromatic carbocycles. The van der Waals surface area contributed by atoms with E-state index >= 15 is 0 Å². The monoisotopic (exact) mass is 716 g/mol. The number of carboxylic acids is 2. The van der Waals surface area contributed by atoms with Gasteiger partial charge in [0.15, 0.2) is 0 Å². The predicted octanol–water partition coefficient (Wildman–Crippen LogP) is 1.07. The van der Waals surface area contributed by atoms with E-state index in [1.54, 1.807) is 0 Å². The first-order valence-electron chi connectivity index (χ1n) is 16.5. The number of Topliss-reactive ketones (excluding diaryl/α,β-unsaturated/α-hetero) is 3. The van der Waals surface area contributed by atoms with Gasteiger partial charge in [0.25, 0.3) is 0 Å². The summed E-state index contributed by atoms with van der Waals surface area (Å²) in [5, 5.41) is 20.2. The van der Waals surface area contributed by atoms with E-state index in [4.69, 9.17) is 21.7 Å². The van der Waals surface area contributed by atoms with Gasteiger partial charge >= 0.3 is 17.9 Å². The normalized spacial score (nSPS) is 12.4. The fraction of sp³-hybridized carbons (Fsp3) is 0.697. The van der Waals surface area contributed by atoms with Crippen LogP contribution in [0.3, 0.4) is 0 Å². The highest BCUT2D eigenvalue weighted by molar-refractivity contribution is 6.38. The van der Waals surface area contributed by atoms with Crippen LogP contribution in [0.5, 0.6) is 0 Å². The second-order valence-electron chi connectivity index (χ2n) is 11.4. The lowest BCUT2D eigenvalue weighted by molar-refractivity contribution is -0.145. The Morgan fingerprint density at radius 3 is 1.32 bits per heavy atom. The number of rotatable bonds is 24. The van der Waals surface area contributed by atoms with Gasteiger partial charge in [-0.15, -0.1) is 0 Å². The van der Waals surface area contributed by atoms with Crippen molar-refractivity contribution in [2.75, 3.05) is 20.2 Å². The van der Waals surface area contributed by atoms with Crippen LogP contribution in [-0.2, 0) is 52.7 Å². The zero-order valence-electron chi connectivity index (χ0n) is 30.0. The third kappa shape index (κ3) is 27.3. The van der Waals surface area contributed by atoms with E-state index in [1.165, 1.54) is 0 Å². The Balaban J connectivity index is -0.000000741. The topological polar surface area (TPSA) is 296 Å². The number of carboxylic acid groups (broad SMARTS) is 2.